The van der Waals surface area contributed by atoms with Crippen LogP contribution >= 0.6 is 0 Å². The maximum Gasteiger partial charge on any atom is 0.123 e. The van der Waals surface area contributed by atoms with E-state index in [9.17, 15) is 9.50 Å². The molecule has 1 aromatic carbocycles. The third kappa shape index (κ3) is 2.82. The molecule has 0 radical (unpaired) electrons. The molecule has 0 aliphatic carbocycles. The van der Waals surface area contributed by atoms with Crippen molar-refractivity contribution >= 4 is 0 Å². The van der Waals surface area contributed by atoms with Crippen LogP contribution in [0.15, 0.2) is 18.2 Å². The zero-order chi connectivity index (χ0) is 12.6. The van der Waals surface area contributed by atoms with Gasteiger partial charge in [-0.1, -0.05) is 26.8 Å². The molecule has 0 heterocycles. The van der Waals surface area contributed by atoms with Crippen LogP contribution in [0.1, 0.15) is 38.8 Å². The molecule has 0 amide bonds. The van der Waals surface area contributed by atoms with Gasteiger partial charge in [-0.15, -0.1) is 0 Å². The van der Waals surface area contributed by atoms with Gasteiger partial charge in [-0.2, -0.15) is 0 Å². The van der Waals surface area contributed by atoms with Crippen molar-refractivity contribution in [1.82, 2.24) is 0 Å². The maximum atomic E-state index is 13.0. The second-order valence-electron chi connectivity index (χ2n) is 5.77. The molecule has 1 aromatic rings. The van der Waals surface area contributed by atoms with Gasteiger partial charge in [0.15, 0.2) is 0 Å². The molecule has 16 heavy (non-hydrogen) atoms. The zero-order valence-corrected chi connectivity index (χ0v) is 10.8. The minimum atomic E-state index is -0.796. The van der Waals surface area contributed by atoms with Crippen LogP contribution in [0.4, 0.5) is 4.39 Å². The first-order valence-corrected chi connectivity index (χ1v) is 5.61. The lowest BCUT2D eigenvalue weighted by Crippen LogP contribution is -2.41. The highest BCUT2D eigenvalue weighted by Crippen LogP contribution is 2.33. The third-order valence-corrected chi connectivity index (χ3v) is 3.46. The summed E-state index contributed by atoms with van der Waals surface area (Å²) < 4.78 is 13.0. The largest absolute Gasteiger partial charge is 0.389 e. The normalized spacial score (nSPS) is 15.9. The number of hydrogen-bond donors (Lipinski definition) is 1. The molecule has 1 atom stereocenters. The van der Waals surface area contributed by atoms with E-state index in [-0.39, 0.29) is 11.2 Å². The Morgan fingerprint density at radius 3 is 2.19 bits per heavy atom. The maximum absolute atomic E-state index is 13.0. The van der Waals surface area contributed by atoms with Gasteiger partial charge < -0.3 is 5.11 Å². The van der Waals surface area contributed by atoms with Crippen LogP contribution in [0.2, 0.25) is 0 Å². The summed E-state index contributed by atoms with van der Waals surface area (Å²) in [6, 6.07) is 4.71. The molecule has 0 aliphatic heterocycles. The van der Waals surface area contributed by atoms with E-state index in [1.807, 2.05) is 34.6 Å². The molecule has 0 saturated carbocycles. The molecular formula is C14H21FO. The molecule has 0 aromatic heterocycles. The Morgan fingerprint density at radius 1 is 1.19 bits per heavy atom. The summed E-state index contributed by atoms with van der Waals surface area (Å²) in [5, 5.41) is 10.4. The van der Waals surface area contributed by atoms with Crippen LogP contribution < -0.4 is 0 Å². The summed E-state index contributed by atoms with van der Waals surface area (Å²) in [5.41, 5.74) is 0.898. The van der Waals surface area contributed by atoms with Gasteiger partial charge >= 0.3 is 0 Å². The van der Waals surface area contributed by atoms with Crippen molar-refractivity contribution in [3.8, 4) is 0 Å². The van der Waals surface area contributed by atoms with Crippen molar-refractivity contribution in [3.63, 3.8) is 0 Å². The van der Waals surface area contributed by atoms with Gasteiger partial charge in [-0.3, -0.25) is 0 Å². The summed E-state index contributed by atoms with van der Waals surface area (Å²) in [6.07, 6.45) is 0.544. The predicted molar refractivity (Wildman–Crippen MR) is 64.9 cm³/mol. The number of halogens is 1. The third-order valence-electron chi connectivity index (χ3n) is 3.46. The van der Waals surface area contributed by atoms with Gasteiger partial charge in [0.25, 0.3) is 0 Å². The van der Waals surface area contributed by atoms with E-state index in [0.29, 0.717) is 6.42 Å². The first kappa shape index (κ1) is 13.2. The van der Waals surface area contributed by atoms with Gasteiger partial charge in [-0.25, -0.2) is 4.39 Å². The lowest BCUT2D eigenvalue weighted by atomic mass is 9.74. The van der Waals surface area contributed by atoms with Crippen molar-refractivity contribution in [3.05, 3.63) is 35.1 Å². The Hall–Kier alpha value is -0.890. The van der Waals surface area contributed by atoms with Crippen molar-refractivity contribution in [1.29, 1.82) is 0 Å². The van der Waals surface area contributed by atoms with Crippen molar-refractivity contribution in [2.75, 3.05) is 0 Å². The van der Waals surface area contributed by atoms with Crippen molar-refractivity contribution in [2.45, 2.75) is 46.6 Å². The lowest BCUT2D eigenvalue weighted by Gasteiger charge is -2.37. The lowest BCUT2D eigenvalue weighted by molar-refractivity contribution is -0.0406. The highest BCUT2D eigenvalue weighted by molar-refractivity contribution is 5.28. The monoisotopic (exact) mass is 224 g/mol. The highest BCUT2D eigenvalue weighted by Gasteiger charge is 2.35. The van der Waals surface area contributed by atoms with Crippen LogP contribution in [0, 0.1) is 18.2 Å². The molecule has 1 unspecified atom stereocenters. The molecule has 90 valence electrons. The highest BCUT2D eigenvalue weighted by atomic mass is 19.1. The quantitative estimate of drug-likeness (QED) is 0.815. The Labute approximate surface area is 97.3 Å². The molecular weight excluding hydrogens is 203 g/mol. The summed E-state index contributed by atoms with van der Waals surface area (Å²) in [4.78, 5) is 0. The van der Waals surface area contributed by atoms with Gasteiger partial charge in [0.05, 0.1) is 5.60 Å². The first-order chi connectivity index (χ1) is 7.13. The van der Waals surface area contributed by atoms with E-state index in [4.69, 9.17) is 0 Å². The average molecular weight is 224 g/mol. The smallest absolute Gasteiger partial charge is 0.123 e. The van der Waals surface area contributed by atoms with Gasteiger partial charge in [0.1, 0.15) is 5.82 Å². The molecule has 0 fully saturated rings. The van der Waals surface area contributed by atoms with E-state index in [0.717, 1.165) is 11.1 Å². The zero-order valence-electron chi connectivity index (χ0n) is 10.8. The Morgan fingerprint density at radius 2 is 1.75 bits per heavy atom. The molecule has 1 rings (SSSR count). The fourth-order valence-corrected chi connectivity index (χ4v) is 1.49. The summed E-state index contributed by atoms with van der Waals surface area (Å²) in [5.74, 6) is -0.225. The fourth-order valence-electron chi connectivity index (χ4n) is 1.49. The number of benzene rings is 1. The first-order valence-electron chi connectivity index (χ1n) is 5.61. The minimum absolute atomic E-state index is 0.201. The molecule has 0 bridgehead atoms. The fraction of sp³-hybridized carbons (Fsp3) is 0.571. The van der Waals surface area contributed by atoms with Crippen LogP contribution in [0.5, 0.6) is 0 Å². The van der Waals surface area contributed by atoms with E-state index in [2.05, 4.69) is 0 Å². The van der Waals surface area contributed by atoms with Gasteiger partial charge in [0, 0.05) is 6.42 Å². The standard InChI is InChI=1S/C14H21FO/c1-10-8-12(15)7-6-11(10)9-14(5,16)13(2,3)4/h6-8,16H,9H2,1-5H3. The Balaban J connectivity index is 2.97. The summed E-state index contributed by atoms with van der Waals surface area (Å²) in [6.45, 7) is 9.72. The van der Waals surface area contributed by atoms with Crippen LogP contribution in [-0.2, 0) is 6.42 Å². The number of aliphatic hydroxyl groups is 1. The number of rotatable bonds is 2. The van der Waals surface area contributed by atoms with Crippen molar-refractivity contribution < 1.29 is 9.50 Å². The van der Waals surface area contributed by atoms with E-state index >= 15 is 0 Å². The minimum Gasteiger partial charge on any atom is -0.389 e. The molecule has 0 spiro atoms. The average Bonchev–Trinajstić information content (AvgIpc) is 2.08. The van der Waals surface area contributed by atoms with Crippen LogP contribution in [0.3, 0.4) is 0 Å². The van der Waals surface area contributed by atoms with Crippen LogP contribution in [-0.4, -0.2) is 10.7 Å². The summed E-state index contributed by atoms with van der Waals surface area (Å²) >= 11 is 0. The molecule has 1 nitrogen and oxygen atoms in total. The van der Waals surface area contributed by atoms with Gasteiger partial charge in [0.2, 0.25) is 0 Å². The second-order valence-corrected chi connectivity index (χ2v) is 5.77. The number of hydrogen-bond acceptors (Lipinski definition) is 1. The molecule has 0 saturated heterocycles. The molecule has 2 heteroatoms. The van der Waals surface area contributed by atoms with E-state index in [1.165, 1.54) is 12.1 Å². The predicted octanol–water partition coefficient (Wildman–Crippen LogP) is 3.47. The molecule has 0 aliphatic rings. The van der Waals surface area contributed by atoms with Crippen LogP contribution in [0.25, 0.3) is 0 Å². The van der Waals surface area contributed by atoms with Gasteiger partial charge in [-0.05, 0) is 42.5 Å². The van der Waals surface area contributed by atoms with Crippen molar-refractivity contribution in [2.24, 2.45) is 5.41 Å². The second kappa shape index (κ2) is 4.17. The Bertz CT molecular complexity index is 375. The van der Waals surface area contributed by atoms with E-state index in [1.54, 1.807) is 6.07 Å². The topological polar surface area (TPSA) is 20.2 Å². The number of aryl methyl sites for hydroxylation is 1. The Kier molecular flexibility index (Phi) is 3.44. The SMILES string of the molecule is Cc1cc(F)ccc1CC(C)(O)C(C)(C)C. The molecule has 1 N–H and O–H groups in total. The van der Waals surface area contributed by atoms with E-state index < -0.39 is 5.60 Å². The summed E-state index contributed by atoms with van der Waals surface area (Å²) in [7, 11) is 0.